The summed E-state index contributed by atoms with van der Waals surface area (Å²) in [6.07, 6.45) is 0. The lowest BCUT2D eigenvalue weighted by atomic mass is 9.90. The summed E-state index contributed by atoms with van der Waals surface area (Å²) < 4.78 is 5.58. The highest BCUT2D eigenvalue weighted by Gasteiger charge is 2.49. The van der Waals surface area contributed by atoms with Crippen LogP contribution in [0.3, 0.4) is 0 Å². The number of amides is 4. The lowest BCUT2D eigenvalue weighted by molar-refractivity contribution is -0.134. The van der Waals surface area contributed by atoms with Crippen molar-refractivity contribution in [3.05, 3.63) is 77.9 Å². The number of hydrogen-bond donors (Lipinski definition) is 2. The molecule has 1 fully saturated rings. The molecule has 3 aromatic carbocycles. The first-order valence-corrected chi connectivity index (χ1v) is 10.5. The summed E-state index contributed by atoms with van der Waals surface area (Å²) in [7, 11) is 0. The van der Waals surface area contributed by atoms with Crippen molar-refractivity contribution in [3.63, 3.8) is 0 Å². The first kappa shape index (κ1) is 21.4. The van der Waals surface area contributed by atoms with E-state index in [9.17, 15) is 14.4 Å². The fourth-order valence-electron chi connectivity index (χ4n) is 3.73. The quantitative estimate of drug-likeness (QED) is 0.445. The Bertz CT molecular complexity index is 1180. The second-order valence-electron chi connectivity index (χ2n) is 8.02. The van der Waals surface area contributed by atoms with Gasteiger partial charge in [0.25, 0.3) is 5.91 Å². The smallest absolute Gasteiger partial charge is 0.325 e. The van der Waals surface area contributed by atoms with Gasteiger partial charge in [-0.05, 0) is 48.4 Å². The molecule has 7 heteroatoms. The van der Waals surface area contributed by atoms with Gasteiger partial charge in [-0.15, -0.1) is 0 Å². The molecule has 0 aromatic heterocycles. The second-order valence-corrected chi connectivity index (χ2v) is 8.02. The summed E-state index contributed by atoms with van der Waals surface area (Å²) in [5.41, 5.74) is 0.578. The van der Waals surface area contributed by atoms with Crippen molar-refractivity contribution < 1.29 is 19.1 Å². The molecule has 0 aliphatic carbocycles. The van der Waals surface area contributed by atoms with Gasteiger partial charge in [0.1, 0.15) is 24.4 Å². The normalized spacial score (nSPS) is 18.0. The van der Waals surface area contributed by atoms with E-state index in [0.29, 0.717) is 11.3 Å². The number of hydrogen-bond acceptors (Lipinski definition) is 4. The van der Waals surface area contributed by atoms with Gasteiger partial charge in [-0.1, -0.05) is 54.1 Å². The zero-order valence-electron chi connectivity index (χ0n) is 18.1. The SMILES string of the molecule is Cc1ccc(OCCNC(=O)CN2C(=O)NC(C)(c3ccc4ccccc4c3)C2=O)cc1. The first-order valence-electron chi connectivity index (χ1n) is 10.5. The summed E-state index contributed by atoms with van der Waals surface area (Å²) in [6, 6.07) is 20.4. The third-order valence-electron chi connectivity index (χ3n) is 5.62. The summed E-state index contributed by atoms with van der Waals surface area (Å²) >= 11 is 0. The Balaban J connectivity index is 1.35. The molecule has 1 atom stereocenters. The number of aryl methyl sites for hydroxylation is 1. The minimum atomic E-state index is -1.23. The molecule has 1 aliphatic rings. The van der Waals surface area contributed by atoms with Crippen LogP contribution in [0.25, 0.3) is 10.8 Å². The molecule has 3 aromatic rings. The van der Waals surface area contributed by atoms with Crippen molar-refractivity contribution in [1.29, 1.82) is 0 Å². The zero-order valence-corrected chi connectivity index (χ0v) is 18.1. The van der Waals surface area contributed by atoms with Crippen LogP contribution >= 0.6 is 0 Å². The molecule has 0 spiro atoms. The van der Waals surface area contributed by atoms with Gasteiger partial charge in [-0.2, -0.15) is 0 Å². The van der Waals surface area contributed by atoms with Gasteiger partial charge in [0.15, 0.2) is 0 Å². The molecule has 4 amide bonds. The highest BCUT2D eigenvalue weighted by molar-refractivity contribution is 6.09. The minimum Gasteiger partial charge on any atom is -0.492 e. The van der Waals surface area contributed by atoms with Crippen LogP contribution in [0.2, 0.25) is 0 Å². The Kier molecular flexibility index (Phi) is 5.81. The maximum absolute atomic E-state index is 13.1. The maximum Gasteiger partial charge on any atom is 0.325 e. The number of carbonyl (C=O) groups excluding carboxylic acids is 3. The number of carbonyl (C=O) groups is 3. The number of nitrogens with one attached hydrogen (secondary N) is 2. The predicted molar refractivity (Wildman–Crippen MR) is 121 cm³/mol. The van der Waals surface area contributed by atoms with Crippen LogP contribution in [0.5, 0.6) is 5.75 Å². The van der Waals surface area contributed by atoms with Crippen LogP contribution in [0, 0.1) is 6.92 Å². The Morgan fingerprint density at radius 3 is 2.50 bits per heavy atom. The average molecular weight is 431 g/mol. The Labute approximate surface area is 186 Å². The van der Waals surface area contributed by atoms with E-state index in [0.717, 1.165) is 21.2 Å². The Morgan fingerprint density at radius 2 is 1.75 bits per heavy atom. The molecule has 0 radical (unpaired) electrons. The molecule has 0 saturated carbocycles. The number of benzene rings is 3. The average Bonchev–Trinajstić information content (AvgIpc) is 3.01. The summed E-state index contributed by atoms with van der Waals surface area (Å²) in [5, 5.41) is 7.44. The number of nitrogens with zero attached hydrogens (tertiary/aromatic N) is 1. The molecule has 7 nitrogen and oxygen atoms in total. The zero-order chi connectivity index (χ0) is 22.7. The van der Waals surface area contributed by atoms with E-state index in [4.69, 9.17) is 4.74 Å². The topological polar surface area (TPSA) is 87.7 Å². The van der Waals surface area contributed by atoms with Gasteiger partial charge in [-0.25, -0.2) is 4.79 Å². The largest absolute Gasteiger partial charge is 0.492 e. The Morgan fingerprint density at radius 1 is 1.03 bits per heavy atom. The van der Waals surface area contributed by atoms with E-state index in [2.05, 4.69) is 10.6 Å². The van der Waals surface area contributed by atoms with Crippen LogP contribution in [0.4, 0.5) is 4.79 Å². The number of urea groups is 1. The Hall–Kier alpha value is -3.87. The molecule has 0 bridgehead atoms. The van der Waals surface area contributed by atoms with Gasteiger partial charge >= 0.3 is 6.03 Å². The van der Waals surface area contributed by atoms with Crippen molar-refractivity contribution in [2.75, 3.05) is 19.7 Å². The van der Waals surface area contributed by atoms with E-state index in [1.807, 2.05) is 73.7 Å². The highest BCUT2D eigenvalue weighted by atomic mass is 16.5. The first-order chi connectivity index (χ1) is 15.4. The van der Waals surface area contributed by atoms with Crippen LogP contribution in [-0.2, 0) is 15.1 Å². The molecule has 4 rings (SSSR count). The van der Waals surface area contributed by atoms with Crippen molar-refractivity contribution in [2.45, 2.75) is 19.4 Å². The fraction of sp³-hybridized carbons (Fsp3) is 0.240. The van der Waals surface area contributed by atoms with Gasteiger partial charge in [0.05, 0.1) is 6.54 Å². The minimum absolute atomic E-state index is 0.262. The molecule has 164 valence electrons. The van der Waals surface area contributed by atoms with Gasteiger partial charge < -0.3 is 15.4 Å². The molecular formula is C25H25N3O4. The number of fused-ring (bicyclic) bond motifs is 1. The highest BCUT2D eigenvalue weighted by Crippen LogP contribution is 2.30. The van der Waals surface area contributed by atoms with E-state index >= 15 is 0 Å². The molecule has 2 N–H and O–H groups in total. The molecule has 1 heterocycles. The third kappa shape index (κ3) is 4.27. The van der Waals surface area contributed by atoms with Crippen LogP contribution in [0.1, 0.15) is 18.1 Å². The molecular weight excluding hydrogens is 406 g/mol. The number of imide groups is 1. The maximum atomic E-state index is 13.1. The molecule has 32 heavy (non-hydrogen) atoms. The summed E-state index contributed by atoms with van der Waals surface area (Å²) in [4.78, 5) is 38.9. The molecule has 1 saturated heterocycles. The van der Waals surface area contributed by atoms with E-state index in [1.54, 1.807) is 6.92 Å². The molecule has 1 aliphatic heterocycles. The van der Waals surface area contributed by atoms with E-state index in [-0.39, 0.29) is 19.7 Å². The van der Waals surface area contributed by atoms with Crippen molar-refractivity contribution in [3.8, 4) is 5.75 Å². The van der Waals surface area contributed by atoms with Crippen LogP contribution in [0.15, 0.2) is 66.7 Å². The van der Waals surface area contributed by atoms with Gasteiger partial charge in [-0.3, -0.25) is 14.5 Å². The lowest BCUT2D eigenvalue weighted by Gasteiger charge is -2.22. The van der Waals surface area contributed by atoms with Crippen LogP contribution < -0.4 is 15.4 Å². The van der Waals surface area contributed by atoms with Crippen molar-refractivity contribution in [1.82, 2.24) is 15.5 Å². The molecule has 1 unspecified atom stereocenters. The number of ether oxygens (including phenoxy) is 1. The monoisotopic (exact) mass is 431 g/mol. The van der Waals surface area contributed by atoms with Gasteiger partial charge in [0, 0.05) is 0 Å². The standard InChI is InChI=1S/C25H25N3O4/c1-17-7-11-21(12-8-17)32-14-13-26-22(29)16-28-23(30)25(2,27-24(28)31)20-10-9-18-5-3-4-6-19(18)15-20/h3-12,15H,13-14,16H2,1-2H3,(H,26,29)(H,27,31). The van der Waals surface area contributed by atoms with Gasteiger partial charge in [0.2, 0.25) is 5.91 Å². The second kappa shape index (κ2) is 8.70. The number of rotatable bonds is 7. The summed E-state index contributed by atoms with van der Waals surface area (Å²) in [6.45, 7) is 3.84. The van der Waals surface area contributed by atoms with E-state index in [1.165, 1.54) is 0 Å². The third-order valence-corrected chi connectivity index (χ3v) is 5.62. The fourth-order valence-corrected chi connectivity index (χ4v) is 3.73. The van der Waals surface area contributed by atoms with Crippen molar-refractivity contribution >= 4 is 28.6 Å². The predicted octanol–water partition coefficient (Wildman–Crippen LogP) is 3.11. The summed E-state index contributed by atoms with van der Waals surface area (Å²) in [5.74, 6) is -0.169. The van der Waals surface area contributed by atoms with E-state index < -0.39 is 23.4 Å². The van der Waals surface area contributed by atoms with Crippen LogP contribution in [-0.4, -0.2) is 42.4 Å². The van der Waals surface area contributed by atoms with Crippen molar-refractivity contribution in [2.24, 2.45) is 0 Å². The lowest BCUT2D eigenvalue weighted by Crippen LogP contribution is -2.43.